The molecule has 0 saturated heterocycles. The Bertz CT molecular complexity index is 1660. The van der Waals surface area contributed by atoms with Crippen LogP contribution in [0.3, 0.4) is 0 Å². The van der Waals surface area contributed by atoms with E-state index < -0.39 is 5.56 Å². The highest BCUT2D eigenvalue weighted by Gasteiger charge is 2.28. The average Bonchev–Trinajstić information content (AvgIpc) is 3.21. The molecule has 5 aromatic rings. The van der Waals surface area contributed by atoms with E-state index in [0.717, 1.165) is 33.9 Å². The quantitative estimate of drug-likeness (QED) is 0.429. The highest BCUT2D eigenvalue weighted by atomic mass is 35.5. The molecule has 0 atom stereocenters. The van der Waals surface area contributed by atoms with E-state index in [-0.39, 0.29) is 5.69 Å². The Balaban J connectivity index is 1.64. The summed E-state index contributed by atoms with van der Waals surface area (Å²) in [6.45, 7) is 0.902. The first kappa shape index (κ1) is 20.0. The number of benzene rings is 1. The van der Waals surface area contributed by atoms with Crippen LogP contribution >= 0.6 is 11.6 Å². The van der Waals surface area contributed by atoms with Crippen LogP contribution in [0.4, 0.5) is 0 Å². The molecule has 1 aromatic carbocycles. The number of hydrogen-bond donors (Lipinski definition) is 1. The van der Waals surface area contributed by atoms with Gasteiger partial charge < -0.3 is 9.55 Å². The molecule has 168 valence electrons. The second-order valence-corrected chi connectivity index (χ2v) is 9.11. The molecule has 1 aliphatic rings. The summed E-state index contributed by atoms with van der Waals surface area (Å²) in [5.41, 5.74) is 2.07. The summed E-state index contributed by atoms with van der Waals surface area (Å²) in [6, 6.07) is 5.65. The number of nitrogens with one attached hydrogen (secondary N) is 1. The second-order valence-electron chi connectivity index (χ2n) is 8.67. The fourth-order valence-electron chi connectivity index (χ4n) is 4.37. The zero-order valence-electron chi connectivity index (χ0n) is 18.1. The fraction of sp³-hybridized carbons (Fsp3) is 0.318. The minimum absolute atomic E-state index is 0.354. The van der Waals surface area contributed by atoms with E-state index in [1.54, 1.807) is 20.1 Å². The number of halogens is 1. The van der Waals surface area contributed by atoms with Crippen LogP contribution in [0, 0.1) is 5.92 Å². The van der Waals surface area contributed by atoms with Crippen LogP contribution in [-0.2, 0) is 27.2 Å². The normalized spacial score (nSPS) is 14.0. The molecule has 0 radical (unpaired) electrons. The lowest BCUT2D eigenvalue weighted by Crippen LogP contribution is -2.38. The molecule has 0 unspecified atom stereocenters. The highest BCUT2D eigenvalue weighted by molar-refractivity contribution is 6.31. The van der Waals surface area contributed by atoms with Gasteiger partial charge in [0.2, 0.25) is 0 Å². The second kappa shape index (κ2) is 7.17. The average molecular weight is 465 g/mol. The van der Waals surface area contributed by atoms with Gasteiger partial charge in [-0.2, -0.15) is 5.10 Å². The predicted molar refractivity (Wildman–Crippen MR) is 124 cm³/mol. The van der Waals surface area contributed by atoms with Gasteiger partial charge in [0.05, 0.1) is 6.54 Å². The van der Waals surface area contributed by atoms with Crippen molar-refractivity contribution < 1.29 is 0 Å². The van der Waals surface area contributed by atoms with E-state index in [2.05, 4.69) is 15.2 Å². The Morgan fingerprint density at radius 2 is 2.03 bits per heavy atom. The number of nitrogens with zero attached hydrogens (tertiary/aromatic N) is 7. The van der Waals surface area contributed by atoms with E-state index >= 15 is 0 Å². The smallest absolute Gasteiger partial charge is 0.332 e. The first-order valence-corrected chi connectivity index (χ1v) is 11.1. The summed E-state index contributed by atoms with van der Waals surface area (Å²) in [6.07, 6.45) is 5.63. The van der Waals surface area contributed by atoms with Crippen molar-refractivity contribution in [2.24, 2.45) is 20.0 Å². The van der Waals surface area contributed by atoms with Crippen LogP contribution in [0.1, 0.15) is 18.4 Å². The molecular formula is C22H21ClN8O2. The number of hydrogen-bond acceptors (Lipinski definition) is 5. The maximum atomic E-state index is 13.3. The number of H-pyrrole nitrogens is 1. The van der Waals surface area contributed by atoms with Crippen molar-refractivity contribution in [1.29, 1.82) is 0 Å². The van der Waals surface area contributed by atoms with Crippen molar-refractivity contribution in [2.75, 3.05) is 0 Å². The zero-order valence-corrected chi connectivity index (χ0v) is 18.9. The Hall–Kier alpha value is -3.66. The first-order valence-electron chi connectivity index (χ1n) is 10.7. The van der Waals surface area contributed by atoms with Gasteiger partial charge in [0.1, 0.15) is 17.4 Å². The maximum absolute atomic E-state index is 13.3. The Morgan fingerprint density at radius 3 is 2.76 bits per heavy atom. The first-order chi connectivity index (χ1) is 15.9. The van der Waals surface area contributed by atoms with Crippen LogP contribution in [0.25, 0.3) is 33.5 Å². The van der Waals surface area contributed by atoms with Gasteiger partial charge in [-0.05, 0) is 42.5 Å². The minimum Gasteiger partial charge on any atom is -0.361 e. The molecule has 0 amide bonds. The summed E-state index contributed by atoms with van der Waals surface area (Å²) in [7, 11) is 3.32. The molecular weight excluding hydrogens is 444 g/mol. The largest absolute Gasteiger partial charge is 0.361 e. The molecule has 1 saturated carbocycles. The topological polar surface area (TPSA) is 108 Å². The van der Waals surface area contributed by atoms with Gasteiger partial charge in [-0.3, -0.25) is 18.6 Å². The van der Waals surface area contributed by atoms with Crippen LogP contribution in [0.5, 0.6) is 0 Å². The molecule has 1 N–H and O–H groups in total. The number of fused-ring (bicyclic) bond motifs is 2. The van der Waals surface area contributed by atoms with Gasteiger partial charge in [0.15, 0.2) is 11.5 Å². The lowest BCUT2D eigenvalue weighted by Gasteiger charge is -2.08. The van der Waals surface area contributed by atoms with Crippen LogP contribution in [0.2, 0.25) is 5.02 Å². The molecule has 1 aliphatic carbocycles. The van der Waals surface area contributed by atoms with Crippen molar-refractivity contribution in [2.45, 2.75) is 25.9 Å². The van der Waals surface area contributed by atoms with Gasteiger partial charge >= 0.3 is 5.69 Å². The van der Waals surface area contributed by atoms with Crippen LogP contribution in [0.15, 0.2) is 40.3 Å². The standard InChI is InChI=1S/C22H21ClN8O2/c1-28-11-25-26-20(28)18-17-19(30(9-12-3-4-12)22(33)29(2)21(17)32)27-31(18)10-13-8-24-16-6-5-14(23)7-15(13)16/h5-8,11-12,24H,3-4,9-10H2,1-2H3. The SMILES string of the molecule is Cn1cnnc1-c1c2c(=O)n(C)c(=O)n(CC3CC3)c2nn1Cc1c[nH]c2ccc(Cl)cc12. The molecule has 4 heterocycles. The fourth-order valence-corrected chi connectivity index (χ4v) is 4.54. The van der Waals surface area contributed by atoms with Crippen molar-refractivity contribution >= 4 is 33.5 Å². The minimum atomic E-state index is -0.395. The van der Waals surface area contributed by atoms with Crippen molar-refractivity contribution in [3.63, 3.8) is 0 Å². The molecule has 10 nitrogen and oxygen atoms in total. The molecule has 4 aromatic heterocycles. The highest BCUT2D eigenvalue weighted by Crippen LogP contribution is 2.32. The van der Waals surface area contributed by atoms with Gasteiger partial charge in [0.25, 0.3) is 5.56 Å². The Kier molecular flexibility index (Phi) is 4.34. The predicted octanol–water partition coefficient (Wildman–Crippen LogP) is 2.29. The van der Waals surface area contributed by atoms with E-state index in [9.17, 15) is 9.59 Å². The summed E-state index contributed by atoms with van der Waals surface area (Å²) in [5.74, 6) is 0.937. The van der Waals surface area contributed by atoms with Crippen molar-refractivity contribution in [3.8, 4) is 11.5 Å². The molecule has 6 rings (SSSR count). The van der Waals surface area contributed by atoms with Crippen molar-refractivity contribution in [3.05, 3.63) is 62.1 Å². The summed E-state index contributed by atoms with van der Waals surface area (Å²) < 4.78 is 6.26. The molecule has 0 aliphatic heterocycles. The summed E-state index contributed by atoms with van der Waals surface area (Å²) >= 11 is 6.24. The summed E-state index contributed by atoms with van der Waals surface area (Å²) in [4.78, 5) is 29.6. The monoisotopic (exact) mass is 464 g/mol. The van der Waals surface area contributed by atoms with E-state index in [1.165, 1.54) is 7.05 Å². The van der Waals surface area contributed by atoms with Crippen LogP contribution in [-0.4, -0.2) is 38.7 Å². The third kappa shape index (κ3) is 3.12. The van der Waals surface area contributed by atoms with Gasteiger partial charge in [-0.1, -0.05) is 11.6 Å². The Morgan fingerprint density at radius 1 is 1.21 bits per heavy atom. The van der Waals surface area contributed by atoms with Crippen molar-refractivity contribution in [1.82, 2.24) is 38.7 Å². The van der Waals surface area contributed by atoms with Crippen LogP contribution < -0.4 is 11.2 Å². The molecule has 11 heteroatoms. The number of aromatic nitrogens is 8. The lowest BCUT2D eigenvalue weighted by atomic mass is 10.1. The van der Waals surface area contributed by atoms with Gasteiger partial charge in [-0.15, -0.1) is 10.2 Å². The third-order valence-electron chi connectivity index (χ3n) is 6.34. The van der Waals surface area contributed by atoms with E-state index in [0.29, 0.717) is 46.6 Å². The lowest BCUT2D eigenvalue weighted by molar-refractivity contribution is 0.572. The third-order valence-corrected chi connectivity index (χ3v) is 6.57. The number of rotatable bonds is 5. The van der Waals surface area contributed by atoms with Gasteiger partial charge in [0, 0.05) is 42.8 Å². The van der Waals surface area contributed by atoms with E-state index in [1.807, 2.05) is 31.4 Å². The molecule has 0 bridgehead atoms. The number of aromatic amines is 1. The van der Waals surface area contributed by atoms with Gasteiger partial charge in [-0.25, -0.2) is 4.79 Å². The van der Waals surface area contributed by atoms with E-state index in [4.69, 9.17) is 16.7 Å². The molecule has 0 spiro atoms. The number of aryl methyl sites for hydroxylation is 1. The molecule has 1 fully saturated rings. The summed E-state index contributed by atoms with van der Waals surface area (Å²) in [5, 5.41) is 15.0. The zero-order chi connectivity index (χ0) is 22.9. The molecule has 33 heavy (non-hydrogen) atoms. The maximum Gasteiger partial charge on any atom is 0.332 e. The Labute approximate surface area is 192 Å².